The molecule has 5 nitrogen and oxygen atoms in total. The first-order valence-electron chi connectivity index (χ1n) is 9.23. The zero-order valence-electron chi connectivity index (χ0n) is 15.3. The SMILES string of the molecule is Cc1oc(-c2ccccc2F)nc1CN1CCCC12CCCN(C)C2=O. The number of aryl methyl sites for hydroxylation is 1. The van der Waals surface area contributed by atoms with E-state index in [1.165, 1.54) is 6.07 Å². The second kappa shape index (κ2) is 6.50. The summed E-state index contributed by atoms with van der Waals surface area (Å²) in [6.45, 7) is 4.11. The van der Waals surface area contributed by atoms with Crippen molar-refractivity contribution >= 4 is 5.91 Å². The first-order chi connectivity index (χ1) is 12.5. The Morgan fingerprint density at radius 3 is 2.73 bits per heavy atom. The summed E-state index contributed by atoms with van der Waals surface area (Å²) in [6.07, 6.45) is 3.83. The molecule has 26 heavy (non-hydrogen) atoms. The molecule has 2 saturated heterocycles. The number of rotatable bonds is 3. The van der Waals surface area contributed by atoms with Gasteiger partial charge in [-0.15, -0.1) is 0 Å². The van der Waals surface area contributed by atoms with E-state index in [9.17, 15) is 9.18 Å². The molecule has 6 heteroatoms. The Morgan fingerprint density at radius 2 is 1.96 bits per heavy atom. The van der Waals surface area contributed by atoms with Gasteiger partial charge in [0.15, 0.2) is 0 Å². The van der Waals surface area contributed by atoms with Crippen molar-refractivity contribution in [2.24, 2.45) is 0 Å². The smallest absolute Gasteiger partial charge is 0.242 e. The largest absolute Gasteiger partial charge is 0.441 e. The fourth-order valence-corrected chi connectivity index (χ4v) is 4.37. The predicted octanol–water partition coefficient (Wildman–Crippen LogP) is 3.38. The van der Waals surface area contributed by atoms with Gasteiger partial charge in [-0.25, -0.2) is 9.37 Å². The number of halogens is 1. The van der Waals surface area contributed by atoms with Crippen LogP contribution in [0.1, 0.15) is 37.1 Å². The highest BCUT2D eigenvalue weighted by atomic mass is 19.1. The zero-order valence-corrected chi connectivity index (χ0v) is 15.3. The minimum Gasteiger partial charge on any atom is -0.441 e. The number of hydrogen-bond donors (Lipinski definition) is 0. The number of likely N-dealkylation sites (tertiary alicyclic amines) is 2. The first-order valence-corrected chi connectivity index (χ1v) is 9.23. The second-order valence-corrected chi connectivity index (χ2v) is 7.39. The van der Waals surface area contributed by atoms with E-state index < -0.39 is 5.54 Å². The third kappa shape index (κ3) is 2.72. The predicted molar refractivity (Wildman–Crippen MR) is 95.9 cm³/mol. The van der Waals surface area contributed by atoms with Crippen molar-refractivity contribution in [2.75, 3.05) is 20.1 Å². The van der Waals surface area contributed by atoms with Crippen LogP contribution in [0.2, 0.25) is 0 Å². The number of likely N-dealkylation sites (N-methyl/N-ethyl adjacent to an activating group) is 1. The van der Waals surface area contributed by atoms with Crippen LogP contribution in [0.3, 0.4) is 0 Å². The van der Waals surface area contributed by atoms with Gasteiger partial charge in [0, 0.05) is 20.1 Å². The molecule has 0 aliphatic carbocycles. The Labute approximate surface area is 152 Å². The van der Waals surface area contributed by atoms with Crippen molar-refractivity contribution in [1.82, 2.24) is 14.8 Å². The van der Waals surface area contributed by atoms with Crippen molar-refractivity contribution < 1.29 is 13.6 Å². The van der Waals surface area contributed by atoms with Crippen LogP contribution in [0.5, 0.6) is 0 Å². The van der Waals surface area contributed by atoms with E-state index in [1.54, 1.807) is 18.2 Å². The van der Waals surface area contributed by atoms with Crippen LogP contribution >= 0.6 is 0 Å². The monoisotopic (exact) mass is 357 g/mol. The molecule has 2 aliphatic rings. The lowest BCUT2D eigenvalue weighted by Gasteiger charge is -2.43. The van der Waals surface area contributed by atoms with Gasteiger partial charge in [-0.1, -0.05) is 12.1 Å². The van der Waals surface area contributed by atoms with Crippen LogP contribution in [-0.2, 0) is 11.3 Å². The summed E-state index contributed by atoms with van der Waals surface area (Å²) in [7, 11) is 1.89. The maximum absolute atomic E-state index is 14.0. The molecular weight excluding hydrogens is 333 g/mol. The standard InChI is InChI=1S/C20H24FN3O2/c1-14-17(22-18(26-14)15-7-3-4-8-16(15)21)13-24-12-6-10-20(24)9-5-11-23(2)19(20)25/h3-4,7-8H,5-6,9-13H2,1-2H3. The average molecular weight is 357 g/mol. The fourth-order valence-electron chi connectivity index (χ4n) is 4.37. The van der Waals surface area contributed by atoms with E-state index in [-0.39, 0.29) is 11.7 Å². The number of carbonyl (C=O) groups excluding carboxylic acids is 1. The minimum absolute atomic E-state index is 0.219. The van der Waals surface area contributed by atoms with E-state index in [2.05, 4.69) is 9.88 Å². The maximum atomic E-state index is 14.0. The number of carbonyl (C=O) groups is 1. The topological polar surface area (TPSA) is 49.6 Å². The van der Waals surface area contributed by atoms with Crippen molar-refractivity contribution in [3.8, 4) is 11.5 Å². The highest BCUT2D eigenvalue weighted by Crippen LogP contribution is 2.39. The van der Waals surface area contributed by atoms with Gasteiger partial charge in [-0.05, 0) is 51.3 Å². The molecule has 0 N–H and O–H groups in total. The lowest BCUT2D eigenvalue weighted by molar-refractivity contribution is -0.146. The summed E-state index contributed by atoms with van der Waals surface area (Å²) in [5, 5.41) is 0. The quantitative estimate of drug-likeness (QED) is 0.845. The van der Waals surface area contributed by atoms with Gasteiger partial charge < -0.3 is 9.32 Å². The lowest BCUT2D eigenvalue weighted by atomic mass is 9.85. The number of piperidine rings is 1. The van der Waals surface area contributed by atoms with Gasteiger partial charge in [0.25, 0.3) is 0 Å². The summed E-state index contributed by atoms with van der Waals surface area (Å²) in [5.74, 6) is 0.858. The molecule has 0 saturated carbocycles. The Kier molecular flexibility index (Phi) is 4.31. The van der Waals surface area contributed by atoms with Crippen molar-refractivity contribution in [3.63, 3.8) is 0 Å². The summed E-state index contributed by atoms with van der Waals surface area (Å²) in [6, 6.07) is 6.49. The van der Waals surface area contributed by atoms with E-state index in [4.69, 9.17) is 4.42 Å². The van der Waals surface area contributed by atoms with Gasteiger partial charge in [-0.2, -0.15) is 0 Å². The van der Waals surface area contributed by atoms with Crippen LogP contribution < -0.4 is 0 Å². The molecule has 2 aromatic rings. The van der Waals surface area contributed by atoms with Crippen LogP contribution in [-0.4, -0.2) is 46.4 Å². The van der Waals surface area contributed by atoms with Gasteiger partial charge in [-0.3, -0.25) is 9.69 Å². The molecular formula is C20H24FN3O2. The van der Waals surface area contributed by atoms with E-state index in [0.717, 1.165) is 44.5 Å². The van der Waals surface area contributed by atoms with Gasteiger partial charge >= 0.3 is 0 Å². The molecule has 1 unspecified atom stereocenters. The molecule has 1 atom stereocenters. The molecule has 2 aliphatic heterocycles. The first kappa shape index (κ1) is 17.2. The number of hydrogen-bond acceptors (Lipinski definition) is 4. The minimum atomic E-state index is -0.406. The van der Waals surface area contributed by atoms with E-state index in [0.29, 0.717) is 23.8 Å². The maximum Gasteiger partial charge on any atom is 0.242 e. The second-order valence-electron chi connectivity index (χ2n) is 7.39. The fraction of sp³-hybridized carbons (Fsp3) is 0.500. The van der Waals surface area contributed by atoms with Crippen LogP contribution in [0.15, 0.2) is 28.7 Å². The number of amides is 1. The van der Waals surface area contributed by atoms with Crippen molar-refractivity contribution in [2.45, 2.75) is 44.7 Å². The highest BCUT2D eigenvalue weighted by Gasteiger charge is 2.50. The molecule has 4 rings (SSSR count). The summed E-state index contributed by atoms with van der Waals surface area (Å²) in [4.78, 5) is 21.6. The highest BCUT2D eigenvalue weighted by molar-refractivity contribution is 5.87. The molecule has 0 radical (unpaired) electrons. The molecule has 1 aromatic heterocycles. The lowest BCUT2D eigenvalue weighted by Crippen LogP contribution is -2.58. The van der Waals surface area contributed by atoms with Gasteiger partial charge in [0.05, 0.1) is 11.3 Å². The van der Waals surface area contributed by atoms with E-state index in [1.807, 2.05) is 18.9 Å². The number of aromatic nitrogens is 1. The van der Waals surface area contributed by atoms with E-state index >= 15 is 0 Å². The third-order valence-corrected chi connectivity index (χ3v) is 5.79. The molecule has 138 valence electrons. The summed E-state index contributed by atoms with van der Waals surface area (Å²) >= 11 is 0. The van der Waals surface area contributed by atoms with Gasteiger partial charge in [0.2, 0.25) is 11.8 Å². The number of oxazole rings is 1. The Bertz CT molecular complexity index is 834. The normalized spacial score (nSPS) is 24.0. The Hall–Kier alpha value is -2.21. The van der Waals surface area contributed by atoms with Crippen molar-refractivity contribution in [3.05, 3.63) is 41.5 Å². The van der Waals surface area contributed by atoms with Gasteiger partial charge in [0.1, 0.15) is 17.1 Å². The molecule has 1 amide bonds. The average Bonchev–Trinajstić information content (AvgIpc) is 3.18. The Balaban J connectivity index is 1.61. The van der Waals surface area contributed by atoms with Crippen LogP contribution in [0.25, 0.3) is 11.5 Å². The molecule has 2 fully saturated rings. The molecule has 1 spiro atoms. The number of benzene rings is 1. The summed E-state index contributed by atoms with van der Waals surface area (Å²) in [5.41, 5.74) is 0.744. The van der Waals surface area contributed by atoms with Crippen LogP contribution in [0, 0.1) is 12.7 Å². The molecule has 3 heterocycles. The van der Waals surface area contributed by atoms with Crippen LogP contribution in [0.4, 0.5) is 4.39 Å². The Morgan fingerprint density at radius 1 is 1.23 bits per heavy atom. The third-order valence-electron chi connectivity index (χ3n) is 5.79. The molecule has 1 aromatic carbocycles. The number of nitrogens with zero attached hydrogens (tertiary/aromatic N) is 3. The zero-order chi connectivity index (χ0) is 18.3. The summed E-state index contributed by atoms with van der Waals surface area (Å²) < 4.78 is 19.8. The van der Waals surface area contributed by atoms with Crippen molar-refractivity contribution in [1.29, 1.82) is 0 Å². The molecule has 0 bridgehead atoms.